The van der Waals surface area contributed by atoms with Gasteiger partial charge < -0.3 is 9.84 Å². The fraction of sp³-hybridized carbons (Fsp3) is 0.538. The van der Waals surface area contributed by atoms with Crippen molar-refractivity contribution in [1.29, 1.82) is 0 Å². The predicted octanol–water partition coefficient (Wildman–Crippen LogP) is 1.99. The number of carbonyl (C=O) groups is 1. The zero-order valence-electron chi connectivity index (χ0n) is 12.7. The molecule has 21 heavy (non-hydrogen) atoms. The SMILES string of the molecule is Cc1c(Cl)c(C(=O)NCc2nc(C(C)(C)C)no2)nn1C. The topological polar surface area (TPSA) is 85.8 Å². The van der Waals surface area contributed by atoms with E-state index < -0.39 is 0 Å². The Morgan fingerprint density at radius 2 is 2.10 bits per heavy atom. The van der Waals surface area contributed by atoms with Gasteiger partial charge in [0.15, 0.2) is 11.5 Å². The first-order chi connectivity index (χ1) is 9.70. The Hall–Kier alpha value is -1.89. The fourth-order valence-corrected chi connectivity index (χ4v) is 1.84. The van der Waals surface area contributed by atoms with Crippen molar-refractivity contribution < 1.29 is 9.32 Å². The van der Waals surface area contributed by atoms with E-state index in [-0.39, 0.29) is 23.6 Å². The van der Waals surface area contributed by atoms with E-state index in [0.717, 1.165) is 5.69 Å². The van der Waals surface area contributed by atoms with Crippen LogP contribution in [0.15, 0.2) is 4.52 Å². The quantitative estimate of drug-likeness (QED) is 0.937. The number of aryl methyl sites for hydroxylation is 1. The van der Waals surface area contributed by atoms with Crippen molar-refractivity contribution >= 4 is 17.5 Å². The summed E-state index contributed by atoms with van der Waals surface area (Å²) in [6, 6.07) is 0. The van der Waals surface area contributed by atoms with Gasteiger partial charge in [0.05, 0.1) is 17.3 Å². The van der Waals surface area contributed by atoms with E-state index in [0.29, 0.717) is 16.7 Å². The molecule has 0 aliphatic carbocycles. The molecular formula is C13H18ClN5O2. The Labute approximate surface area is 127 Å². The van der Waals surface area contributed by atoms with Crippen molar-refractivity contribution in [2.75, 3.05) is 0 Å². The van der Waals surface area contributed by atoms with Crippen LogP contribution < -0.4 is 5.32 Å². The Kier molecular flexibility index (Phi) is 4.04. The normalized spacial score (nSPS) is 11.7. The molecule has 2 aromatic heterocycles. The van der Waals surface area contributed by atoms with Crippen molar-refractivity contribution in [3.63, 3.8) is 0 Å². The maximum Gasteiger partial charge on any atom is 0.273 e. The molecule has 1 amide bonds. The molecule has 0 spiro atoms. The van der Waals surface area contributed by atoms with E-state index in [1.165, 1.54) is 0 Å². The van der Waals surface area contributed by atoms with E-state index in [1.54, 1.807) is 18.7 Å². The average Bonchev–Trinajstić information content (AvgIpc) is 2.97. The summed E-state index contributed by atoms with van der Waals surface area (Å²) in [5.74, 6) is 0.565. The highest BCUT2D eigenvalue weighted by atomic mass is 35.5. The summed E-state index contributed by atoms with van der Waals surface area (Å²) in [4.78, 5) is 16.3. The van der Waals surface area contributed by atoms with E-state index in [9.17, 15) is 4.79 Å². The van der Waals surface area contributed by atoms with Crippen LogP contribution in [0.3, 0.4) is 0 Å². The van der Waals surface area contributed by atoms with Crippen LogP contribution in [0.25, 0.3) is 0 Å². The highest BCUT2D eigenvalue weighted by Crippen LogP contribution is 2.20. The molecule has 0 radical (unpaired) electrons. The second-order valence-corrected chi connectivity index (χ2v) is 6.19. The van der Waals surface area contributed by atoms with Crippen molar-refractivity contribution in [1.82, 2.24) is 25.2 Å². The van der Waals surface area contributed by atoms with Gasteiger partial charge in [0, 0.05) is 12.5 Å². The van der Waals surface area contributed by atoms with Gasteiger partial charge in [0.25, 0.3) is 5.91 Å². The molecule has 0 fully saturated rings. The van der Waals surface area contributed by atoms with Gasteiger partial charge in [-0.15, -0.1) is 0 Å². The Morgan fingerprint density at radius 1 is 1.43 bits per heavy atom. The molecule has 8 heteroatoms. The Bertz CT molecular complexity index is 669. The summed E-state index contributed by atoms with van der Waals surface area (Å²) in [5, 5.41) is 11.0. The second-order valence-electron chi connectivity index (χ2n) is 5.82. The molecule has 0 aromatic carbocycles. The number of nitrogens with one attached hydrogen (secondary N) is 1. The lowest BCUT2D eigenvalue weighted by molar-refractivity contribution is 0.0940. The average molecular weight is 312 g/mol. The van der Waals surface area contributed by atoms with Crippen LogP contribution >= 0.6 is 11.6 Å². The number of hydrogen-bond donors (Lipinski definition) is 1. The van der Waals surface area contributed by atoms with Gasteiger partial charge in [-0.2, -0.15) is 10.1 Å². The van der Waals surface area contributed by atoms with Gasteiger partial charge in [0.1, 0.15) is 0 Å². The molecular weight excluding hydrogens is 294 g/mol. The number of nitrogens with zero attached hydrogens (tertiary/aromatic N) is 4. The van der Waals surface area contributed by atoms with Gasteiger partial charge in [-0.05, 0) is 6.92 Å². The van der Waals surface area contributed by atoms with Crippen LogP contribution in [0.4, 0.5) is 0 Å². The number of hydrogen-bond acceptors (Lipinski definition) is 5. The third-order valence-corrected chi connectivity index (χ3v) is 3.47. The summed E-state index contributed by atoms with van der Waals surface area (Å²) in [7, 11) is 1.73. The molecule has 114 valence electrons. The zero-order valence-corrected chi connectivity index (χ0v) is 13.4. The third-order valence-electron chi connectivity index (χ3n) is 3.02. The maximum atomic E-state index is 12.0. The Balaban J connectivity index is 2.04. The molecule has 0 saturated carbocycles. The fourth-order valence-electron chi connectivity index (χ4n) is 1.60. The Morgan fingerprint density at radius 3 is 2.57 bits per heavy atom. The monoisotopic (exact) mass is 311 g/mol. The molecule has 0 bridgehead atoms. The van der Waals surface area contributed by atoms with Crippen molar-refractivity contribution in [2.24, 2.45) is 7.05 Å². The minimum absolute atomic E-state index is 0.133. The number of amides is 1. The molecule has 0 aliphatic heterocycles. The third kappa shape index (κ3) is 3.24. The lowest BCUT2D eigenvalue weighted by Gasteiger charge is -2.10. The molecule has 2 heterocycles. The summed E-state index contributed by atoms with van der Waals surface area (Å²) < 4.78 is 6.66. The summed E-state index contributed by atoms with van der Waals surface area (Å²) >= 11 is 6.06. The van der Waals surface area contributed by atoms with Crippen LogP contribution in [0, 0.1) is 6.92 Å². The summed E-state index contributed by atoms with van der Waals surface area (Å²) in [6.45, 7) is 7.87. The molecule has 1 N–H and O–H groups in total. The van der Waals surface area contributed by atoms with E-state index in [4.69, 9.17) is 16.1 Å². The minimum atomic E-state index is -0.376. The first-order valence-electron chi connectivity index (χ1n) is 6.50. The van der Waals surface area contributed by atoms with E-state index in [2.05, 4.69) is 20.6 Å². The van der Waals surface area contributed by atoms with Gasteiger partial charge in [-0.3, -0.25) is 9.48 Å². The van der Waals surface area contributed by atoms with E-state index in [1.807, 2.05) is 20.8 Å². The van der Waals surface area contributed by atoms with Gasteiger partial charge in [-0.25, -0.2) is 0 Å². The lowest BCUT2D eigenvalue weighted by Crippen LogP contribution is -2.24. The van der Waals surface area contributed by atoms with Gasteiger partial charge in [-0.1, -0.05) is 37.5 Å². The highest BCUT2D eigenvalue weighted by molar-refractivity contribution is 6.34. The van der Waals surface area contributed by atoms with Crippen molar-refractivity contribution in [2.45, 2.75) is 39.7 Å². The number of halogens is 1. The highest BCUT2D eigenvalue weighted by Gasteiger charge is 2.22. The molecule has 2 aromatic rings. The standard InChI is InChI=1S/C13H18ClN5O2/c1-7-9(14)10(17-19(7)5)11(20)15-6-8-16-12(18-21-8)13(2,3)4/h6H2,1-5H3,(H,15,20). The predicted molar refractivity (Wildman–Crippen MR) is 77.1 cm³/mol. The van der Waals surface area contributed by atoms with Crippen LogP contribution in [0.1, 0.15) is 48.7 Å². The number of rotatable bonds is 3. The molecule has 2 rings (SSSR count). The number of carbonyl (C=O) groups excluding carboxylic acids is 1. The molecule has 0 unspecified atom stereocenters. The van der Waals surface area contributed by atoms with Crippen LogP contribution in [-0.2, 0) is 19.0 Å². The van der Waals surface area contributed by atoms with E-state index >= 15 is 0 Å². The summed E-state index contributed by atoms with van der Waals surface area (Å²) in [6.07, 6.45) is 0. The molecule has 0 aliphatic rings. The lowest BCUT2D eigenvalue weighted by atomic mass is 9.96. The number of aromatic nitrogens is 4. The van der Waals surface area contributed by atoms with Gasteiger partial charge in [0.2, 0.25) is 5.89 Å². The zero-order chi connectivity index (χ0) is 15.8. The summed E-state index contributed by atoms with van der Waals surface area (Å²) in [5.41, 5.74) is 0.717. The van der Waals surface area contributed by atoms with Crippen molar-refractivity contribution in [3.8, 4) is 0 Å². The van der Waals surface area contributed by atoms with Crippen LogP contribution in [-0.4, -0.2) is 25.8 Å². The second kappa shape index (κ2) is 5.48. The first kappa shape index (κ1) is 15.5. The molecule has 0 saturated heterocycles. The largest absolute Gasteiger partial charge is 0.342 e. The minimum Gasteiger partial charge on any atom is -0.342 e. The van der Waals surface area contributed by atoms with Crippen LogP contribution in [0.2, 0.25) is 5.02 Å². The molecule has 7 nitrogen and oxygen atoms in total. The van der Waals surface area contributed by atoms with Gasteiger partial charge >= 0.3 is 0 Å². The van der Waals surface area contributed by atoms with Crippen LogP contribution in [0.5, 0.6) is 0 Å². The first-order valence-corrected chi connectivity index (χ1v) is 6.88. The van der Waals surface area contributed by atoms with Crippen molar-refractivity contribution in [3.05, 3.63) is 28.1 Å². The smallest absolute Gasteiger partial charge is 0.273 e. The maximum absolute atomic E-state index is 12.0. The molecule has 0 atom stereocenters.